The van der Waals surface area contributed by atoms with Crippen molar-refractivity contribution in [3.63, 3.8) is 0 Å². The van der Waals surface area contributed by atoms with Crippen molar-refractivity contribution >= 4 is 5.91 Å². The smallest absolute Gasteiger partial charge is 0.263 e. The Labute approximate surface area is 157 Å². The summed E-state index contributed by atoms with van der Waals surface area (Å²) in [7, 11) is 0. The van der Waals surface area contributed by atoms with E-state index in [0.29, 0.717) is 31.3 Å². The number of nitrogens with zero attached hydrogens (tertiary/aromatic N) is 2. The van der Waals surface area contributed by atoms with E-state index < -0.39 is 17.7 Å². The average molecular weight is 378 g/mol. The van der Waals surface area contributed by atoms with Gasteiger partial charge in [-0.25, -0.2) is 13.8 Å². The number of fused-ring (bicyclic) bond motifs is 1. The zero-order valence-electron chi connectivity index (χ0n) is 15.8. The molecule has 1 aromatic heterocycles. The van der Waals surface area contributed by atoms with Crippen LogP contribution in [0.15, 0.2) is 22.6 Å². The molecule has 1 aliphatic heterocycles. The number of ether oxygens (including phenoxy) is 1. The molecule has 0 saturated heterocycles. The van der Waals surface area contributed by atoms with Gasteiger partial charge in [-0.3, -0.25) is 4.79 Å². The van der Waals surface area contributed by atoms with Crippen LogP contribution in [0.1, 0.15) is 44.5 Å². The molecule has 3 rings (SSSR count). The number of aromatic nitrogens is 1. The maximum Gasteiger partial charge on any atom is 0.263 e. The molecule has 0 saturated carbocycles. The number of aryl methyl sites for hydroxylation is 1. The van der Waals surface area contributed by atoms with Crippen LogP contribution in [-0.2, 0) is 24.2 Å². The molecule has 0 N–H and O–H groups in total. The molecule has 1 atom stereocenters. The topological polar surface area (TPSA) is 55.6 Å². The van der Waals surface area contributed by atoms with Crippen molar-refractivity contribution in [3.05, 3.63) is 47.2 Å². The molecule has 1 unspecified atom stereocenters. The van der Waals surface area contributed by atoms with Gasteiger partial charge in [0.25, 0.3) is 5.91 Å². The molecule has 0 bridgehead atoms. The fraction of sp³-hybridized carbons (Fsp3) is 0.500. The molecule has 5 nitrogen and oxygen atoms in total. The molecule has 1 amide bonds. The van der Waals surface area contributed by atoms with Gasteiger partial charge < -0.3 is 14.1 Å². The lowest BCUT2D eigenvalue weighted by molar-refractivity contribution is -0.139. The summed E-state index contributed by atoms with van der Waals surface area (Å²) >= 11 is 0. The molecule has 0 radical (unpaired) electrons. The van der Waals surface area contributed by atoms with Crippen LogP contribution in [0.25, 0.3) is 0 Å². The van der Waals surface area contributed by atoms with Crippen LogP contribution in [0.4, 0.5) is 8.78 Å². The highest BCUT2D eigenvalue weighted by atomic mass is 19.1. The summed E-state index contributed by atoms with van der Waals surface area (Å²) in [5.74, 6) is 0.167. The fourth-order valence-electron chi connectivity index (χ4n) is 3.03. The van der Waals surface area contributed by atoms with E-state index in [2.05, 4.69) is 18.8 Å². The number of carbonyl (C=O) groups is 1. The van der Waals surface area contributed by atoms with Crippen LogP contribution in [0.3, 0.4) is 0 Å². The van der Waals surface area contributed by atoms with E-state index in [0.717, 1.165) is 36.4 Å². The Bertz CT molecular complexity index is 820. The highest BCUT2D eigenvalue weighted by Gasteiger charge is 2.29. The second kappa shape index (κ2) is 8.06. The minimum Gasteiger partial charge on any atom is -0.478 e. The van der Waals surface area contributed by atoms with Crippen molar-refractivity contribution in [3.8, 4) is 5.75 Å². The van der Waals surface area contributed by atoms with E-state index in [9.17, 15) is 13.6 Å². The van der Waals surface area contributed by atoms with Gasteiger partial charge in [0.1, 0.15) is 17.3 Å². The monoisotopic (exact) mass is 378 g/mol. The highest BCUT2D eigenvalue weighted by Crippen LogP contribution is 2.23. The Morgan fingerprint density at radius 1 is 1.33 bits per heavy atom. The summed E-state index contributed by atoms with van der Waals surface area (Å²) in [6, 6.07) is 3.01. The van der Waals surface area contributed by atoms with Gasteiger partial charge in [0.15, 0.2) is 23.6 Å². The fourth-order valence-corrected chi connectivity index (χ4v) is 3.03. The average Bonchev–Trinajstić information content (AvgIpc) is 3.03. The lowest BCUT2D eigenvalue weighted by Crippen LogP contribution is -2.43. The number of hydrogen-bond donors (Lipinski definition) is 0. The minimum absolute atomic E-state index is 0.146. The maximum absolute atomic E-state index is 13.7. The molecule has 146 valence electrons. The number of halogens is 2. The molecule has 27 heavy (non-hydrogen) atoms. The SMILES string of the molecule is CC(C)CCc1nc2c(o1)CCN(C(=O)C(C)Oc1ccc(F)cc1F)C2. The highest BCUT2D eigenvalue weighted by molar-refractivity contribution is 5.81. The first-order valence-electron chi connectivity index (χ1n) is 9.21. The second-order valence-electron chi connectivity index (χ2n) is 7.25. The van der Waals surface area contributed by atoms with Crippen molar-refractivity contribution < 1.29 is 22.7 Å². The molecule has 0 aliphatic carbocycles. The van der Waals surface area contributed by atoms with Crippen molar-refractivity contribution in [1.29, 1.82) is 0 Å². The summed E-state index contributed by atoms with van der Waals surface area (Å²) in [5.41, 5.74) is 0.772. The Balaban J connectivity index is 1.62. The van der Waals surface area contributed by atoms with Crippen LogP contribution in [0.2, 0.25) is 0 Å². The molecule has 1 aliphatic rings. The van der Waals surface area contributed by atoms with Gasteiger partial charge in [-0.15, -0.1) is 0 Å². The number of carbonyl (C=O) groups excluding carboxylic acids is 1. The summed E-state index contributed by atoms with van der Waals surface area (Å²) < 4.78 is 37.9. The summed E-state index contributed by atoms with van der Waals surface area (Å²) in [6.07, 6.45) is 1.48. The van der Waals surface area contributed by atoms with Crippen LogP contribution in [0, 0.1) is 17.6 Å². The third kappa shape index (κ3) is 4.64. The van der Waals surface area contributed by atoms with Gasteiger partial charge >= 0.3 is 0 Å². The molecule has 0 fully saturated rings. The summed E-state index contributed by atoms with van der Waals surface area (Å²) in [5, 5.41) is 0. The standard InChI is InChI=1S/C20H24F2N2O3/c1-12(2)4-7-19-23-16-11-24(9-8-18(16)27-19)20(25)13(3)26-17-6-5-14(21)10-15(17)22/h5-6,10,12-13H,4,7-9,11H2,1-3H3. The number of hydrogen-bond acceptors (Lipinski definition) is 4. The van der Waals surface area contributed by atoms with Crippen molar-refractivity contribution in [2.75, 3.05) is 6.54 Å². The molecule has 7 heteroatoms. The Hall–Kier alpha value is -2.44. The number of oxazole rings is 1. The first-order valence-corrected chi connectivity index (χ1v) is 9.21. The predicted octanol–water partition coefficient (Wildman–Crippen LogP) is 3.89. The molecular formula is C20H24F2N2O3. The largest absolute Gasteiger partial charge is 0.478 e. The van der Waals surface area contributed by atoms with E-state index in [1.165, 1.54) is 6.07 Å². The van der Waals surface area contributed by atoms with Gasteiger partial charge in [-0.05, 0) is 31.4 Å². The number of rotatable bonds is 6. The maximum atomic E-state index is 13.7. The van der Waals surface area contributed by atoms with E-state index in [1.807, 2.05) is 0 Å². The van der Waals surface area contributed by atoms with Gasteiger partial charge in [0, 0.05) is 25.5 Å². The summed E-state index contributed by atoms with van der Waals surface area (Å²) in [4.78, 5) is 18.8. The normalized spacial score (nSPS) is 15.0. The molecule has 0 spiro atoms. The lowest BCUT2D eigenvalue weighted by Gasteiger charge is -2.28. The number of benzene rings is 1. The number of amides is 1. The molecular weight excluding hydrogens is 354 g/mol. The predicted molar refractivity (Wildman–Crippen MR) is 95.2 cm³/mol. The Morgan fingerprint density at radius 3 is 2.81 bits per heavy atom. The van der Waals surface area contributed by atoms with Crippen LogP contribution >= 0.6 is 0 Å². The zero-order valence-corrected chi connectivity index (χ0v) is 15.8. The third-order valence-electron chi connectivity index (χ3n) is 4.56. The first-order chi connectivity index (χ1) is 12.8. The Kier molecular flexibility index (Phi) is 5.77. The van der Waals surface area contributed by atoms with Gasteiger partial charge in [0.05, 0.1) is 6.54 Å². The minimum atomic E-state index is -0.890. The molecule has 1 aromatic carbocycles. The molecule has 2 aromatic rings. The lowest BCUT2D eigenvalue weighted by atomic mass is 10.1. The Morgan fingerprint density at radius 2 is 2.11 bits per heavy atom. The first kappa shape index (κ1) is 19.3. The summed E-state index contributed by atoms with van der Waals surface area (Å²) in [6.45, 7) is 6.68. The van der Waals surface area contributed by atoms with Gasteiger partial charge in [-0.2, -0.15) is 0 Å². The quantitative estimate of drug-likeness (QED) is 0.765. The third-order valence-corrected chi connectivity index (χ3v) is 4.56. The van der Waals surface area contributed by atoms with Crippen LogP contribution < -0.4 is 4.74 Å². The van der Waals surface area contributed by atoms with E-state index in [4.69, 9.17) is 9.15 Å². The van der Waals surface area contributed by atoms with Gasteiger partial charge in [-0.1, -0.05) is 13.8 Å². The van der Waals surface area contributed by atoms with Crippen molar-refractivity contribution in [2.45, 2.75) is 52.7 Å². The van der Waals surface area contributed by atoms with E-state index in [-0.39, 0.29) is 11.7 Å². The van der Waals surface area contributed by atoms with E-state index in [1.54, 1.807) is 11.8 Å². The van der Waals surface area contributed by atoms with Crippen molar-refractivity contribution in [2.24, 2.45) is 5.92 Å². The van der Waals surface area contributed by atoms with Crippen LogP contribution in [0.5, 0.6) is 5.75 Å². The van der Waals surface area contributed by atoms with E-state index >= 15 is 0 Å². The second-order valence-corrected chi connectivity index (χ2v) is 7.25. The zero-order chi connectivity index (χ0) is 19.6. The van der Waals surface area contributed by atoms with Gasteiger partial charge in [0.2, 0.25) is 0 Å². The van der Waals surface area contributed by atoms with Crippen LogP contribution in [-0.4, -0.2) is 28.4 Å². The molecule has 2 heterocycles. The van der Waals surface area contributed by atoms with Crippen molar-refractivity contribution in [1.82, 2.24) is 9.88 Å².